The minimum Gasteiger partial charge on any atom is -0.443 e. The number of hydrogen-bond donors (Lipinski definition) is 0. The summed E-state index contributed by atoms with van der Waals surface area (Å²) in [4.78, 5) is 26.0. The van der Waals surface area contributed by atoms with Crippen molar-refractivity contribution >= 4 is 28.4 Å². The van der Waals surface area contributed by atoms with Crippen molar-refractivity contribution in [3.8, 4) is 0 Å². The predicted molar refractivity (Wildman–Crippen MR) is 175 cm³/mol. The SMILES string of the molecule is c1ccc(C2(c3ccc4ccccc4n3)N=C(c3ncco3)C(N3CCSCC3)=C(N3CCOCC3)N2N2CCCCC2)nc1. The van der Waals surface area contributed by atoms with E-state index in [-0.39, 0.29) is 0 Å². The van der Waals surface area contributed by atoms with E-state index in [0.717, 1.165) is 103 Å². The Hall–Kier alpha value is -3.93. The predicted octanol–water partition coefficient (Wildman–Crippen LogP) is 4.57. The zero-order valence-corrected chi connectivity index (χ0v) is 26.2. The summed E-state index contributed by atoms with van der Waals surface area (Å²) in [6, 6.07) is 18.7. The van der Waals surface area contributed by atoms with Crippen LogP contribution in [0.15, 0.2) is 94.2 Å². The molecule has 10 nitrogen and oxygen atoms in total. The zero-order valence-electron chi connectivity index (χ0n) is 25.4. The van der Waals surface area contributed by atoms with Gasteiger partial charge < -0.3 is 19.0 Å². The molecule has 1 aromatic carbocycles. The van der Waals surface area contributed by atoms with Crippen LogP contribution in [-0.4, -0.2) is 104 Å². The lowest BCUT2D eigenvalue weighted by Gasteiger charge is -2.55. The second kappa shape index (κ2) is 12.5. The first-order chi connectivity index (χ1) is 22.3. The van der Waals surface area contributed by atoms with Crippen molar-refractivity contribution in [1.82, 2.24) is 34.8 Å². The fourth-order valence-electron chi connectivity index (χ4n) is 6.96. The molecule has 7 heterocycles. The van der Waals surface area contributed by atoms with Crippen LogP contribution in [0.2, 0.25) is 0 Å². The summed E-state index contributed by atoms with van der Waals surface area (Å²) in [6.07, 6.45) is 8.66. The Morgan fingerprint density at radius 1 is 0.733 bits per heavy atom. The molecular formula is C34H38N8O2S. The third kappa shape index (κ3) is 5.16. The molecule has 3 saturated heterocycles. The summed E-state index contributed by atoms with van der Waals surface area (Å²) in [5, 5.41) is 6.06. The topological polar surface area (TPSA) is 86.4 Å². The molecule has 232 valence electrons. The molecule has 0 spiro atoms. The molecular weight excluding hydrogens is 584 g/mol. The van der Waals surface area contributed by atoms with Crippen LogP contribution in [0.4, 0.5) is 0 Å². The number of ether oxygens (including phenoxy) is 1. The summed E-state index contributed by atoms with van der Waals surface area (Å²) >= 11 is 2.00. The molecule has 1 unspecified atom stereocenters. The lowest BCUT2D eigenvalue weighted by atomic mass is 9.94. The van der Waals surface area contributed by atoms with Gasteiger partial charge in [0.25, 0.3) is 0 Å². The third-order valence-corrected chi connectivity index (χ3v) is 10.0. The van der Waals surface area contributed by atoms with Crippen LogP contribution in [0.3, 0.4) is 0 Å². The molecule has 0 radical (unpaired) electrons. The minimum atomic E-state index is -1.12. The van der Waals surface area contributed by atoms with Gasteiger partial charge in [0, 0.05) is 62.4 Å². The van der Waals surface area contributed by atoms with Gasteiger partial charge in [-0.15, -0.1) is 0 Å². The highest BCUT2D eigenvalue weighted by Gasteiger charge is 2.54. The molecule has 8 rings (SSSR count). The number of aliphatic imine (C=N–C) groups is 1. The van der Waals surface area contributed by atoms with E-state index in [9.17, 15) is 0 Å². The summed E-state index contributed by atoms with van der Waals surface area (Å²) < 4.78 is 12.0. The van der Waals surface area contributed by atoms with Crippen molar-refractivity contribution < 1.29 is 9.15 Å². The number of hydrazine groups is 1. The van der Waals surface area contributed by atoms with Gasteiger partial charge in [0.2, 0.25) is 11.6 Å². The Morgan fingerprint density at radius 2 is 1.56 bits per heavy atom. The zero-order chi connectivity index (χ0) is 30.1. The maximum absolute atomic E-state index is 6.12. The molecule has 11 heteroatoms. The molecule has 45 heavy (non-hydrogen) atoms. The lowest BCUT2D eigenvalue weighted by molar-refractivity contribution is -0.112. The molecule has 0 bridgehead atoms. The summed E-state index contributed by atoms with van der Waals surface area (Å²) in [7, 11) is 0. The van der Waals surface area contributed by atoms with E-state index in [1.54, 1.807) is 12.5 Å². The number of oxazole rings is 1. The number of fused-ring (bicyclic) bond motifs is 1. The third-order valence-electron chi connectivity index (χ3n) is 9.08. The fraction of sp³-hybridized carbons (Fsp3) is 0.412. The average Bonchev–Trinajstić information content (AvgIpc) is 3.67. The largest absolute Gasteiger partial charge is 0.443 e. The van der Waals surface area contributed by atoms with Gasteiger partial charge in [0.05, 0.1) is 36.3 Å². The smallest absolute Gasteiger partial charge is 0.247 e. The number of allylic oxidation sites excluding steroid dienone is 1. The number of aromatic nitrogens is 3. The van der Waals surface area contributed by atoms with Crippen LogP contribution in [0.1, 0.15) is 36.5 Å². The Morgan fingerprint density at radius 3 is 2.33 bits per heavy atom. The van der Waals surface area contributed by atoms with E-state index in [1.807, 2.05) is 30.1 Å². The number of nitrogens with zero attached hydrogens (tertiary/aromatic N) is 8. The van der Waals surface area contributed by atoms with Crippen LogP contribution < -0.4 is 0 Å². The Balaban J connectivity index is 1.48. The summed E-state index contributed by atoms with van der Waals surface area (Å²) in [5.41, 5.74) is 3.23. The molecule has 0 saturated carbocycles. The van der Waals surface area contributed by atoms with Crippen LogP contribution in [0.5, 0.6) is 0 Å². The van der Waals surface area contributed by atoms with Gasteiger partial charge in [-0.2, -0.15) is 11.8 Å². The average molecular weight is 623 g/mol. The number of piperidine rings is 1. The Kier molecular flexibility index (Phi) is 7.90. The van der Waals surface area contributed by atoms with Gasteiger partial charge in [-0.05, 0) is 37.1 Å². The summed E-state index contributed by atoms with van der Waals surface area (Å²) in [6.45, 7) is 6.56. The maximum Gasteiger partial charge on any atom is 0.247 e. The molecule has 3 fully saturated rings. The normalized spacial score (nSPS) is 23.5. The van der Waals surface area contributed by atoms with Crippen LogP contribution in [0, 0.1) is 0 Å². The number of hydrogen-bond acceptors (Lipinski definition) is 11. The molecule has 0 N–H and O–H groups in total. The van der Waals surface area contributed by atoms with Gasteiger partial charge >= 0.3 is 0 Å². The highest BCUT2D eigenvalue weighted by Crippen LogP contribution is 2.47. The van der Waals surface area contributed by atoms with Crippen LogP contribution >= 0.6 is 11.8 Å². The monoisotopic (exact) mass is 622 g/mol. The van der Waals surface area contributed by atoms with E-state index >= 15 is 0 Å². The second-order valence-electron chi connectivity index (χ2n) is 11.8. The molecule has 4 aliphatic heterocycles. The van der Waals surface area contributed by atoms with Crippen LogP contribution in [0.25, 0.3) is 10.9 Å². The minimum absolute atomic E-state index is 0.508. The van der Waals surface area contributed by atoms with Gasteiger partial charge in [0.1, 0.15) is 17.8 Å². The standard InChI is InChI=1S/C34H38N8O2S/c1-6-15-41(16-7-1)42-33(40-17-22-43-23-18-40)31(39-19-24-45-25-20-39)30(32-36-14-21-44-32)38-34(42,28-10-4-5-13-35-28)29-12-11-26-8-2-3-9-27(26)37-29/h2-5,8-14,21H,1,6-7,15-20,22-25H2. The van der Waals surface area contributed by atoms with Crippen LogP contribution in [-0.2, 0) is 10.4 Å². The highest BCUT2D eigenvalue weighted by atomic mass is 32.2. The Bertz CT molecular complexity index is 1680. The fourth-order valence-corrected chi connectivity index (χ4v) is 7.86. The second-order valence-corrected chi connectivity index (χ2v) is 13.0. The molecule has 0 aliphatic carbocycles. The number of pyridine rings is 2. The van der Waals surface area contributed by atoms with Gasteiger partial charge in [-0.25, -0.2) is 20.0 Å². The number of benzene rings is 1. The summed E-state index contributed by atoms with van der Waals surface area (Å²) in [5.74, 6) is 3.73. The van der Waals surface area contributed by atoms with E-state index in [1.165, 1.54) is 6.42 Å². The number of thioether (sulfide) groups is 1. The van der Waals surface area contributed by atoms with Crippen molar-refractivity contribution in [2.45, 2.75) is 24.9 Å². The van der Waals surface area contributed by atoms with Crippen molar-refractivity contribution in [2.24, 2.45) is 4.99 Å². The first kappa shape index (κ1) is 28.5. The van der Waals surface area contributed by atoms with Crippen molar-refractivity contribution in [3.63, 3.8) is 0 Å². The Labute approximate surface area is 267 Å². The lowest BCUT2D eigenvalue weighted by Crippen LogP contribution is -2.63. The van der Waals surface area contributed by atoms with Crippen molar-refractivity contribution in [1.29, 1.82) is 0 Å². The molecule has 4 aliphatic rings. The van der Waals surface area contributed by atoms with E-state index in [4.69, 9.17) is 29.1 Å². The number of rotatable bonds is 6. The molecule has 1 atom stereocenters. The first-order valence-corrected chi connectivity index (χ1v) is 17.2. The maximum atomic E-state index is 6.12. The number of para-hydroxylation sites is 1. The van der Waals surface area contributed by atoms with Gasteiger partial charge in [-0.1, -0.05) is 36.8 Å². The molecule has 0 amide bonds. The van der Waals surface area contributed by atoms with Gasteiger partial charge in [-0.3, -0.25) is 9.99 Å². The molecule has 3 aromatic heterocycles. The van der Waals surface area contributed by atoms with Crippen molar-refractivity contribution in [3.05, 3.63) is 102 Å². The quantitative estimate of drug-likeness (QED) is 0.305. The first-order valence-electron chi connectivity index (χ1n) is 16.1. The van der Waals surface area contributed by atoms with E-state index < -0.39 is 5.66 Å². The van der Waals surface area contributed by atoms with Gasteiger partial charge in [0.15, 0.2) is 5.71 Å². The number of morpholine rings is 1. The molecule has 4 aromatic rings. The van der Waals surface area contributed by atoms with E-state index in [0.29, 0.717) is 19.1 Å². The van der Waals surface area contributed by atoms with E-state index in [2.05, 4.69) is 62.3 Å². The van der Waals surface area contributed by atoms with Crippen molar-refractivity contribution in [2.75, 3.05) is 64.0 Å². The highest BCUT2D eigenvalue weighted by molar-refractivity contribution is 7.99.